The quantitative estimate of drug-likeness (QED) is 0.632. The molecule has 5 nitrogen and oxygen atoms in total. The molecule has 1 aromatic carbocycles. The summed E-state index contributed by atoms with van der Waals surface area (Å²) in [7, 11) is 0. The smallest absolute Gasteiger partial charge is 0.303 e. The number of nitrogens with zero attached hydrogens (tertiary/aromatic N) is 2. The number of hydrogen-bond acceptors (Lipinski definition) is 4. The molecule has 0 aliphatic heterocycles. The number of aromatic nitrogens is 2. The largest absolute Gasteiger partial charge is 0.481 e. The van der Waals surface area contributed by atoms with Gasteiger partial charge in [0, 0.05) is 29.1 Å². The van der Waals surface area contributed by atoms with Crippen molar-refractivity contribution >= 4 is 12.3 Å². The fraction of sp³-hybridized carbons (Fsp3) is 0.368. The Labute approximate surface area is 157 Å². The van der Waals surface area contributed by atoms with E-state index in [0.29, 0.717) is 17.9 Å². The first kappa shape index (κ1) is 19.3. The predicted molar refractivity (Wildman–Crippen MR) is 89.8 cm³/mol. The fourth-order valence-corrected chi connectivity index (χ4v) is 3.56. The summed E-state index contributed by atoms with van der Waals surface area (Å²) >= 11 is 0. The molecule has 1 aromatic heterocycles. The minimum Gasteiger partial charge on any atom is -0.481 e. The van der Waals surface area contributed by atoms with Gasteiger partial charge in [-0.3, -0.25) is 14.6 Å². The molecule has 1 heterocycles. The Hall–Kier alpha value is -2.04. The van der Waals surface area contributed by atoms with E-state index in [9.17, 15) is 9.59 Å². The molecule has 2 atom stereocenters. The summed E-state index contributed by atoms with van der Waals surface area (Å²) in [5, 5.41) is 9.13. The second-order valence-corrected chi connectivity index (χ2v) is 6.32. The summed E-state index contributed by atoms with van der Waals surface area (Å²) in [5.41, 5.74) is 3.17. The zero-order valence-electron chi connectivity index (χ0n) is 13.7. The van der Waals surface area contributed by atoms with Crippen molar-refractivity contribution in [2.75, 3.05) is 0 Å². The van der Waals surface area contributed by atoms with E-state index in [1.54, 1.807) is 6.20 Å². The molecule has 6 heteroatoms. The monoisotopic (exact) mass is 380 g/mol. The average molecular weight is 380 g/mol. The molecule has 1 fully saturated rings. The normalized spacial score (nSPS) is 19.7. The molecule has 25 heavy (non-hydrogen) atoms. The van der Waals surface area contributed by atoms with Gasteiger partial charge in [-0.1, -0.05) is 37.1 Å². The van der Waals surface area contributed by atoms with E-state index in [-0.39, 0.29) is 29.4 Å². The number of carbonyl (C=O) groups is 2. The standard InChI is InChI=1S/C19H20N2O3.Fe/c22-12-16-10-21-18(11-20-16)14-7-5-13(6-8-14)17-4-2-1-3-15(17)9-19(23)24;/h5-8,10-12,15,17H,1-4,9H2,(H,23,24);. The van der Waals surface area contributed by atoms with E-state index in [1.165, 1.54) is 11.8 Å². The van der Waals surface area contributed by atoms with Gasteiger partial charge in [-0.05, 0) is 30.2 Å². The van der Waals surface area contributed by atoms with Crippen molar-refractivity contribution in [1.82, 2.24) is 9.97 Å². The second kappa shape index (κ2) is 8.88. The van der Waals surface area contributed by atoms with Gasteiger partial charge in [0.05, 0.1) is 18.1 Å². The molecule has 0 spiro atoms. The third-order valence-corrected chi connectivity index (χ3v) is 4.77. The van der Waals surface area contributed by atoms with Crippen LogP contribution in [0.4, 0.5) is 0 Å². The molecule has 0 saturated heterocycles. The van der Waals surface area contributed by atoms with Crippen LogP contribution >= 0.6 is 0 Å². The molecule has 3 rings (SSSR count). The third-order valence-electron chi connectivity index (χ3n) is 4.77. The van der Waals surface area contributed by atoms with Crippen molar-refractivity contribution < 1.29 is 31.8 Å². The number of rotatable bonds is 5. The van der Waals surface area contributed by atoms with Crippen molar-refractivity contribution in [2.24, 2.45) is 5.92 Å². The van der Waals surface area contributed by atoms with Gasteiger partial charge in [-0.25, -0.2) is 4.98 Å². The molecule has 1 saturated carbocycles. The molecular formula is C19H20FeN2O3. The van der Waals surface area contributed by atoms with Gasteiger partial charge in [0.2, 0.25) is 0 Å². The third kappa shape index (κ3) is 4.74. The fourth-order valence-electron chi connectivity index (χ4n) is 3.56. The van der Waals surface area contributed by atoms with E-state index in [0.717, 1.165) is 36.9 Å². The molecule has 1 aliphatic carbocycles. The molecule has 0 radical (unpaired) electrons. The number of carboxylic acids is 1. The van der Waals surface area contributed by atoms with Crippen LogP contribution < -0.4 is 0 Å². The van der Waals surface area contributed by atoms with Gasteiger partial charge < -0.3 is 5.11 Å². The van der Waals surface area contributed by atoms with Crippen LogP contribution in [0.15, 0.2) is 36.7 Å². The topological polar surface area (TPSA) is 80.2 Å². The number of carbonyl (C=O) groups excluding carboxylic acids is 1. The maximum Gasteiger partial charge on any atom is 0.303 e. The van der Waals surface area contributed by atoms with Crippen molar-refractivity contribution in [2.45, 2.75) is 38.0 Å². The SMILES string of the molecule is O=Cc1cnc(-c2ccc(C3CCCCC3CC(=O)O)cc2)cn1.[Fe]. The van der Waals surface area contributed by atoms with Gasteiger partial charge >= 0.3 is 5.97 Å². The second-order valence-electron chi connectivity index (χ2n) is 6.32. The number of aldehydes is 1. The van der Waals surface area contributed by atoms with Gasteiger partial charge in [0.15, 0.2) is 6.29 Å². The van der Waals surface area contributed by atoms with Crippen molar-refractivity contribution in [3.05, 3.63) is 47.9 Å². The Balaban J connectivity index is 0.00000225. The molecule has 1 N–H and O–H groups in total. The average Bonchev–Trinajstić information content (AvgIpc) is 2.62. The van der Waals surface area contributed by atoms with E-state index >= 15 is 0 Å². The summed E-state index contributed by atoms with van der Waals surface area (Å²) in [6, 6.07) is 8.11. The number of benzene rings is 1. The van der Waals surface area contributed by atoms with Crippen molar-refractivity contribution in [3.8, 4) is 11.3 Å². The van der Waals surface area contributed by atoms with Crippen LogP contribution in [0.1, 0.15) is 54.1 Å². The maximum absolute atomic E-state index is 11.1. The van der Waals surface area contributed by atoms with Crippen molar-refractivity contribution in [3.63, 3.8) is 0 Å². The molecule has 1 aliphatic rings. The zero-order chi connectivity index (χ0) is 16.9. The Kier molecular flexibility index (Phi) is 6.85. The van der Waals surface area contributed by atoms with Crippen LogP contribution in [-0.2, 0) is 21.9 Å². The van der Waals surface area contributed by atoms with Gasteiger partial charge in [-0.2, -0.15) is 0 Å². The van der Waals surface area contributed by atoms with Gasteiger partial charge in [-0.15, -0.1) is 0 Å². The van der Waals surface area contributed by atoms with E-state index < -0.39 is 5.97 Å². The van der Waals surface area contributed by atoms with Crippen LogP contribution in [0, 0.1) is 5.92 Å². The summed E-state index contributed by atoms with van der Waals surface area (Å²) in [6.07, 6.45) is 8.26. The van der Waals surface area contributed by atoms with Gasteiger partial charge in [0.1, 0.15) is 5.69 Å². The van der Waals surface area contributed by atoms with Crippen LogP contribution in [0.2, 0.25) is 0 Å². The van der Waals surface area contributed by atoms with Gasteiger partial charge in [0.25, 0.3) is 0 Å². The first-order valence-electron chi connectivity index (χ1n) is 8.26. The van der Waals surface area contributed by atoms with E-state index in [2.05, 4.69) is 22.1 Å². The summed E-state index contributed by atoms with van der Waals surface area (Å²) in [6.45, 7) is 0. The Bertz CT molecular complexity index is 716. The van der Waals surface area contributed by atoms with Crippen molar-refractivity contribution in [1.29, 1.82) is 0 Å². The first-order valence-corrected chi connectivity index (χ1v) is 8.26. The summed E-state index contributed by atoms with van der Waals surface area (Å²) in [4.78, 5) is 30.0. The molecule has 2 aromatic rings. The molecule has 132 valence electrons. The Morgan fingerprint density at radius 1 is 1.12 bits per heavy atom. The Morgan fingerprint density at radius 3 is 2.44 bits per heavy atom. The van der Waals surface area contributed by atoms with Crippen LogP contribution in [0.25, 0.3) is 11.3 Å². The van der Waals surface area contributed by atoms with Crippen LogP contribution in [0.5, 0.6) is 0 Å². The number of carboxylic acid groups (broad SMARTS) is 1. The summed E-state index contributed by atoms with van der Waals surface area (Å²) < 4.78 is 0. The van der Waals surface area contributed by atoms with Crippen LogP contribution in [-0.4, -0.2) is 27.3 Å². The Morgan fingerprint density at radius 2 is 1.84 bits per heavy atom. The molecular weight excluding hydrogens is 360 g/mol. The molecule has 0 amide bonds. The van der Waals surface area contributed by atoms with E-state index in [4.69, 9.17) is 5.11 Å². The molecule has 0 bridgehead atoms. The minimum atomic E-state index is -0.714. The van der Waals surface area contributed by atoms with Crippen LogP contribution in [0.3, 0.4) is 0 Å². The van der Waals surface area contributed by atoms with E-state index in [1.807, 2.05) is 12.1 Å². The predicted octanol–water partition coefficient (Wildman–Crippen LogP) is 3.70. The maximum atomic E-state index is 11.1. The number of hydrogen-bond donors (Lipinski definition) is 1. The molecule has 2 unspecified atom stereocenters. The first-order chi connectivity index (χ1) is 11.7. The summed E-state index contributed by atoms with van der Waals surface area (Å²) in [5.74, 6) is -0.185. The number of aliphatic carboxylic acids is 1. The minimum absolute atomic E-state index is 0. The zero-order valence-corrected chi connectivity index (χ0v) is 14.8.